The van der Waals surface area contributed by atoms with Crippen LogP contribution < -0.4 is 52.8 Å². The first-order valence-electron chi connectivity index (χ1n) is 18.7. The summed E-state index contributed by atoms with van der Waals surface area (Å²) in [5.74, 6) is 0. The van der Waals surface area contributed by atoms with Crippen LogP contribution in [0.15, 0.2) is 144 Å². The summed E-state index contributed by atoms with van der Waals surface area (Å²) in [7, 11) is -3.36. The SMILES string of the molecule is CC1=[C-]C(C)([Si](c2c(-c3ccccc3)ccc(C)c2C)(c2c(-c3ccccc3)ccc(C)c2C)c2c(-c3ccccc3)ccc(C)c2C)C(C)=C1C.[Cl-].[Cl-].[Cl-].[Ti+4]. The Hall–Kier alpha value is -3.40. The van der Waals surface area contributed by atoms with Crippen molar-refractivity contribution in [2.24, 2.45) is 0 Å². The predicted molar refractivity (Wildman–Crippen MR) is 228 cm³/mol. The van der Waals surface area contributed by atoms with E-state index >= 15 is 0 Å². The van der Waals surface area contributed by atoms with E-state index in [1.807, 2.05) is 0 Å². The van der Waals surface area contributed by atoms with Crippen LogP contribution in [0, 0.1) is 47.6 Å². The van der Waals surface area contributed by atoms with E-state index in [9.17, 15) is 0 Å². The van der Waals surface area contributed by atoms with Crippen molar-refractivity contribution in [1.82, 2.24) is 0 Å². The van der Waals surface area contributed by atoms with E-state index in [1.165, 1.54) is 99.0 Å². The van der Waals surface area contributed by atoms with Crippen LogP contribution in [0.2, 0.25) is 5.04 Å². The summed E-state index contributed by atoms with van der Waals surface area (Å²) >= 11 is 0. The number of allylic oxidation sites excluding steroid dienone is 4. The maximum absolute atomic E-state index is 4.35. The predicted octanol–water partition coefficient (Wildman–Crippen LogP) is 2.88. The first-order chi connectivity index (χ1) is 24.9. The summed E-state index contributed by atoms with van der Waals surface area (Å²) in [6.07, 6.45) is 4.35. The van der Waals surface area contributed by atoms with Gasteiger partial charge in [-0.15, -0.1) is 6.92 Å². The molecule has 1 aliphatic carbocycles. The van der Waals surface area contributed by atoms with Gasteiger partial charge < -0.3 is 37.2 Å². The average Bonchev–Trinajstić information content (AvgIpc) is 3.36. The van der Waals surface area contributed by atoms with Crippen LogP contribution in [0.4, 0.5) is 0 Å². The van der Waals surface area contributed by atoms with Gasteiger partial charge in [-0.1, -0.05) is 153 Å². The van der Waals surface area contributed by atoms with E-state index in [0.717, 1.165) is 0 Å². The number of hydrogen-bond donors (Lipinski definition) is 0. The molecule has 6 aromatic carbocycles. The number of halogens is 3. The Labute approximate surface area is 371 Å². The summed E-state index contributed by atoms with van der Waals surface area (Å²) in [6.45, 7) is 23.7. The van der Waals surface area contributed by atoms with Gasteiger partial charge in [-0.25, -0.2) is 5.57 Å². The average molecular weight is 846 g/mol. The second kappa shape index (κ2) is 18.5. The molecule has 0 aliphatic heterocycles. The van der Waals surface area contributed by atoms with Crippen LogP contribution in [0.1, 0.15) is 61.1 Å². The van der Waals surface area contributed by atoms with Crippen molar-refractivity contribution in [2.45, 2.75) is 74.3 Å². The van der Waals surface area contributed by atoms with Gasteiger partial charge in [-0.2, -0.15) is 11.1 Å². The Kier molecular flexibility index (Phi) is 15.5. The van der Waals surface area contributed by atoms with Crippen molar-refractivity contribution in [1.29, 1.82) is 0 Å². The Morgan fingerprint density at radius 2 is 0.696 bits per heavy atom. The molecule has 0 amide bonds. The molecule has 0 aromatic heterocycles. The molecule has 0 spiro atoms. The molecule has 1 atom stereocenters. The first-order valence-corrected chi connectivity index (χ1v) is 20.7. The summed E-state index contributed by atoms with van der Waals surface area (Å²) in [4.78, 5) is 0. The number of rotatable bonds is 7. The number of aryl methyl sites for hydroxylation is 3. The van der Waals surface area contributed by atoms with Gasteiger partial charge in [0.15, 0.2) is 0 Å². The molecule has 0 radical (unpaired) electrons. The van der Waals surface area contributed by atoms with Gasteiger partial charge >= 0.3 is 21.7 Å². The third kappa shape index (κ3) is 7.41. The molecule has 0 nitrogen and oxygen atoms in total. The van der Waals surface area contributed by atoms with Crippen molar-refractivity contribution in [3.05, 3.63) is 184 Å². The van der Waals surface area contributed by atoms with Crippen LogP contribution in [0.5, 0.6) is 0 Å². The smallest absolute Gasteiger partial charge is 1.00 e. The van der Waals surface area contributed by atoms with Crippen LogP contribution in [0.25, 0.3) is 33.4 Å². The third-order valence-corrected chi connectivity index (χ3v) is 18.8. The van der Waals surface area contributed by atoms with Crippen LogP contribution in [-0.4, -0.2) is 8.07 Å². The molecular weight excluding hydrogens is 795 g/mol. The molecule has 0 saturated heterocycles. The Bertz CT molecular complexity index is 2170. The fourth-order valence-electron chi connectivity index (χ4n) is 9.19. The van der Waals surface area contributed by atoms with Gasteiger partial charge in [-0.3, -0.25) is 6.08 Å². The molecule has 1 unspecified atom stereocenters. The number of hydrogen-bond acceptors (Lipinski definition) is 0. The van der Waals surface area contributed by atoms with Crippen molar-refractivity contribution >= 4 is 23.6 Å². The maximum atomic E-state index is 4.35. The third-order valence-electron chi connectivity index (χ3n) is 12.6. The van der Waals surface area contributed by atoms with E-state index in [-0.39, 0.29) is 58.9 Å². The van der Waals surface area contributed by atoms with E-state index in [2.05, 4.69) is 203 Å². The molecule has 0 fully saturated rings. The van der Waals surface area contributed by atoms with Crippen molar-refractivity contribution < 1.29 is 58.9 Å². The molecule has 6 aromatic rings. The summed E-state index contributed by atoms with van der Waals surface area (Å²) in [5, 5.41) is 4.04. The molecular formula is C51H51Cl3SiTi. The van der Waals surface area contributed by atoms with Gasteiger partial charge in [-0.05, 0) is 124 Å². The molecule has 56 heavy (non-hydrogen) atoms. The quantitative estimate of drug-likeness (QED) is 0.132. The van der Waals surface area contributed by atoms with Gasteiger partial charge in [0.1, 0.15) is 8.07 Å². The topological polar surface area (TPSA) is 0 Å². The zero-order valence-corrected chi connectivity index (χ0v) is 39.1. The largest absolute Gasteiger partial charge is 4.00 e. The second-order valence-corrected chi connectivity index (χ2v) is 19.3. The van der Waals surface area contributed by atoms with Crippen molar-refractivity contribution in [2.75, 3.05) is 0 Å². The molecule has 284 valence electrons. The van der Waals surface area contributed by atoms with E-state index < -0.39 is 13.1 Å². The maximum Gasteiger partial charge on any atom is 4.00 e. The Balaban J connectivity index is 0.00000210. The monoisotopic (exact) mass is 844 g/mol. The normalized spacial score (nSPS) is 14.9. The molecule has 1 aliphatic rings. The first kappa shape index (κ1) is 47.0. The summed E-state index contributed by atoms with van der Waals surface area (Å²) in [5.41, 5.74) is 19.9. The van der Waals surface area contributed by atoms with Gasteiger partial charge in [0, 0.05) is 0 Å². The Morgan fingerprint density at radius 1 is 0.411 bits per heavy atom. The van der Waals surface area contributed by atoms with Crippen molar-refractivity contribution in [3.63, 3.8) is 0 Å². The van der Waals surface area contributed by atoms with Gasteiger partial charge in [0.2, 0.25) is 0 Å². The molecule has 5 heteroatoms. The van der Waals surface area contributed by atoms with E-state index in [1.54, 1.807) is 0 Å². The minimum atomic E-state index is -3.36. The van der Waals surface area contributed by atoms with Gasteiger partial charge in [0.25, 0.3) is 0 Å². The molecule has 0 N–H and O–H groups in total. The van der Waals surface area contributed by atoms with Crippen LogP contribution in [0.3, 0.4) is 0 Å². The number of benzene rings is 6. The molecule has 0 saturated carbocycles. The van der Waals surface area contributed by atoms with Crippen molar-refractivity contribution in [3.8, 4) is 33.4 Å². The zero-order chi connectivity index (χ0) is 36.9. The second-order valence-electron chi connectivity index (χ2n) is 15.3. The summed E-state index contributed by atoms with van der Waals surface area (Å²) < 4.78 is 0. The fraction of sp³-hybridized carbons (Fsp3) is 0.216. The minimum Gasteiger partial charge on any atom is -1.00 e. The zero-order valence-electron chi connectivity index (χ0n) is 34.3. The van der Waals surface area contributed by atoms with Gasteiger partial charge in [0.05, 0.1) is 0 Å². The van der Waals surface area contributed by atoms with E-state index in [0.29, 0.717) is 0 Å². The minimum absolute atomic E-state index is 0. The van der Waals surface area contributed by atoms with Crippen LogP contribution in [-0.2, 0) is 21.7 Å². The van der Waals surface area contributed by atoms with Crippen LogP contribution >= 0.6 is 0 Å². The molecule has 7 rings (SSSR count). The van der Waals surface area contributed by atoms with E-state index in [4.69, 9.17) is 0 Å². The fourth-order valence-corrected chi connectivity index (χ4v) is 16.7. The summed E-state index contributed by atoms with van der Waals surface area (Å²) in [6, 6.07) is 47.8. The standard InChI is InChI=1S/C51H51Si.3ClH.Ti/c1-33-26-29-45(42-20-14-11-15-21-42)48(38(33)6)52(51(10)32-36(4)37(5)41(51)9,49-39(7)34(2)27-30-46(49)43-22-16-12-17-23-43)50-40(8)35(3)28-31-47(50)44-24-18-13-19-25-44;;;;/h11-31H,1-10H3;3*1H;/q-1;;;;+4/p-3. The Morgan fingerprint density at radius 3 is 0.946 bits per heavy atom. The molecule has 0 heterocycles. The molecule has 0 bridgehead atoms.